The van der Waals surface area contributed by atoms with E-state index in [1.54, 1.807) is 7.11 Å². The molecule has 0 fully saturated rings. The SMILES string of the molecule is CC[C@@H](COC(C)=O)OC. The lowest BCUT2D eigenvalue weighted by molar-refractivity contribution is -0.144. The molecule has 3 heteroatoms. The highest BCUT2D eigenvalue weighted by Crippen LogP contribution is 1.96. The van der Waals surface area contributed by atoms with Crippen molar-refractivity contribution in [2.45, 2.75) is 26.4 Å². The van der Waals surface area contributed by atoms with E-state index < -0.39 is 0 Å². The van der Waals surface area contributed by atoms with Crippen molar-refractivity contribution in [2.24, 2.45) is 0 Å². The van der Waals surface area contributed by atoms with Crippen molar-refractivity contribution >= 4 is 5.97 Å². The van der Waals surface area contributed by atoms with Crippen molar-refractivity contribution in [1.82, 2.24) is 0 Å². The van der Waals surface area contributed by atoms with Crippen LogP contribution in [0.4, 0.5) is 0 Å². The second-order valence-electron chi connectivity index (χ2n) is 2.07. The summed E-state index contributed by atoms with van der Waals surface area (Å²) in [6.07, 6.45) is 0.910. The van der Waals surface area contributed by atoms with Gasteiger partial charge in [-0.2, -0.15) is 0 Å². The van der Waals surface area contributed by atoms with E-state index in [4.69, 9.17) is 9.47 Å². The molecule has 0 saturated carbocycles. The molecule has 0 radical (unpaired) electrons. The first kappa shape index (κ1) is 9.43. The van der Waals surface area contributed by atoms with Gasteiger partial charge in [0.1, 0.15) is 6.61 Å². The van der Waals surface area contributed by atoms with Crippen LogP contribution in [0, 0.1) is 0 Å². The molecular formula is C7H14O3. The lowest BCUT2D eigenvalue weighted by atomic mass is 10.3. The second-order valence-corrected chi connectivity index (χ2v) is 2.07. The Morgan fingerprint density at radius 1 is 1.60 bits per heavy atom. The van der Waals surface area contributed by atoms with Crippen LogP contribution in [0.1, 0.15) is 20.3 Å². The summed E-state index contributed by atoms with van der Waals surface area (Å²) in [7, 11) is 1.61. The first-order valence-corrected chi connectivity index (χ1v) is 3.36. The Hall–Kier alpha value is -0.570. The highest BCUT2D eigenvalue weighted by atomic mass is 16.6. The van der Waals surface area contributed by atoms with Gasteiger partial charge in [0.25, 0.3) is 0 Å². The molecule has 3 nitrogen and oxygen atoms in total. The number of methoxy groups -OCH3 is 1. The van der Waals surface area contributed by atoms with E-state index in [0.717, 1.165) is 6.42 Å². The van der Waals surface area contributed by atoms with Gasteiger partial charge in [-0.3, -0.25) is 4.79 Å². The summed E-state index contributed by atoms with van der Waals surface area (Å²) in [6, 6.07) is 0. The van der Waals surface area contributed by atoms with Crippen LogP contribution in [0.3, 0.4) is 0 Å². The van der Waals surface area contributed by atoms with Gasteiger partial charge >= 0.3 is 5.97 Å². The molecular weight excluding hydrogens is 132 g/mol. The van der Waals surface area contributed by atoms with E-state index in [2.05, 4.69) is 0 Å². The average molecular weight is 146 g/mol. The molecule has 0 aliphatic heterocycles. The maximum absolute atomic E-state index is 10.3. The predicted molar refractivity (Wildman–Crippen MR) is 37.7 cm³/mol. The van der Waals surface area contributed by atoms with Crippen molar-refractivity contribution < 1.29 is 14.3 Å². The number of hydrogen-bond donors (Lipinski definition) is 0. The average Bonchev–Trinajstić information content (AvgIpc) is 1.90. The van der Waals surface area contributed by atoms with Gasteiger partial charge in [-0.15, -0.1) is 0 Å². The van der Waals surface area contributed by atoms with Gasteiger partial charge in [0.15, 0.2) is 0 Å². The van der Waals surface area contributed by atoms with Crippen LogP contribution in [0.5, 0.6) is 0 Å². The second kappa shape index (κ2) is 5.23. The fraction of sp³-hybridized carbons (Fsp3) is 0.857. The molecule has 0 saturated heterocycles. The number of rotatable bonds is 4. The highest BCUT2D eigenvalue weighted by Gasteiger charge is 2.04. The summed E-state index contributed by atoms with van der Waals surface area (Å²) in [5.74, 6) is -0.254. The van der Waals surface area contributed by atoms with Gasteiger partial charge in [-0.25, -0.2) is 0 Å². The maximum Gasteiger partial charge on any atom is 0.302 e. The van der Waals surface area contributed by atoms with E-state index >= 15 is 0 Å². The van der Waals surface area contributed by atoms with Crippen LogP contribution in [0.2, 0.25) is 0 Å². The predicted octanol–water partition coefficient (Wildman–Crippen LogP) is 0.975. The van der Waals surface area contributed by atoms with Crippen molar-refractivity contribution in [3.8, 4) is 0 Å². The third-order valence-electron chi connectivity index (χ3n) is 1.26. The van der Waals surface area contributed by atoms with Crippen LogP contribution >= 0.6 is 0 Å². The van der Waals surface area contributed by atoms with Gasteiger partial charge in [-0.1, -0.05) is 6.92 Å². The van der Waals surface area contributed by atoms with Crippen molar-refractivity contribution in [3.05, 3.63) is 0 Å². The smallest absolute Gasteiger partial charge is 0.302 e. The number of esters is 1. The standard InChI is InChI=1S/C7H14O3/c1-4-7(9-3)5-10-6(2)8/h7H,4-5H2,1-3H3/t7-/m0/s1. The third kappa shape index (κ3) is 4.32. The molecule has 0 aliphatic rings. The largest absolute Gasteiger partial charge is 0.463 e. The molecule has 0 spiro atoms. The summed E-state index contributed by atoms with van der Waals surface area (Å²) in [4.78, 5) is 10.3. The Kier molecular flexibility index (Phi) is 4.94. The molecule has 0 rings (SSSR count). The Labute approximate surface area is 61.3 Å². The fourth-order valence-corrected chi connectivity index (χ4v) is 0.563. The molecule has 0 heterocycles. The third-order valence-corrected chi connectivity index (χ3v) is 1.26. The van der Waals surface area contributed by atoms with Crippen molar-refractivity contribution in [2.75, 3.05) is 13.7 Å². The van der Waals surface area contributed by atoms with E-state index in [1.807, 2.05) is 6.92 Å². The van der Waals surface area contributed by atoms with Crippen molar-refractivity contribution in [1.29, 1.82) is 0 Å². The van der Waals surface area contributed by atoms with E-state index in [-0.39, 0.29) is 12.1 Å². The molecule has 0 aromatic heterocycles. The quantitative estimate of drug-likeness (QED) is 0.554. The van der Waals surface area contributed by atoms with Gasteiger partial charge in [-0.05, 0) is 6.42 Å². The van der Waals surface area contributed by atoms with E-state index in [1.165, 1.54) is 6.92 Å². The number of carbonyl (C=O) groups excluding carboxylic acids is 1. The summed E-state index contributed by atoms with van der Waals surface area (Å²) >= 11 is 0. The molecule has 1 atom stereocenters. The molecule has 0 aliphatic carbocycles. The van der Waals surface area contributed by atoms with Crippen molar-refractivity contribution in [3.63, 3.8) is 0 Å². The Morgan fingerprint density at radius 2 is 2.20 bits per heavy atom. The topological polar surface area (TPSA) is 35.5 Å². The molecule has 0 bridgehead atoms. The minimum Gasteiger partial charge on any atom is -0.463 e. The fourth-order valence-electron chi connectivity index (χ4n) is 0.563. The number of carbonyl (C=O) groups is 1. The van der Waals surface area contributed by atoms with E-state index in [9.17, 15) is 4.79 Å². The van der Waals surface area contributed by atoms with Gasteiger partial charge in [0.05, 0.1) is 6.10 Å². The van der Waals surface area contributed by atoms with Gasteiger partial charge < -0.3 is 9.47 Å². The summed E-state index contributed by atoms with van der Waals surface area (Å²) in [6.45, 7) is 3.74. The molecule has 0 aromatic carbocycles. The van der Waals surface area contributed by atoms with Crippen LogP contribution in [0.25, 0.3) is 0 Å². The normalized spacial score (nSPS) is 12.7. The zero-order chi connectivity index (χ0) is 7.98. The zero-order valence-electron chi connectivity index (χ0n) is 6.72. The Balaban J connectivity index is 3.34. The first-order chi connectivity index (χ1) is 4.70. The molecule has 0 aromatic rings. The first-order valence-electron chi connectivity index (χ1n) is 3.36. The summed E-state index contributed by atoms with van der Waals surface area (Å²) < 4.78 is 9.69. The molecule has 0 unspecified atom stereocenters. The molecule has 10 heavy (non-hydrogen) atoms. The monoisotopic (exact) mass is 146 g/mol. The Bertz CT molecular complexity index is 97.0. The Morgan fingerprint density at radius 3 is 2.50 bits per heavy atom. The lowest BCUT2D eigenvalue weighted by Crippen LogP contribution is -2.18. The van der Waals surface area contributed by atoms with Crippen LogP contribution in [-0.2, 0) is 14.3 Å². The van der Waals surface area contributed by atoms with Crippen LogP contribution < -0.4 is 0 Å². The maximum atomic E-state index is 10.3. The minimum absolute atomic E-state index is 0.0453. The van der Waals surface area contributed by atoms with Gasteiger partial charge in [0, 0.05) is 14.0 Å². The van der Waals surface area contributed by atoms with Crippen LogP contribution in [0.15, 0.2) is 0 Å². The molecule has 0 N–H and O–H groups in total. The number of ether oxygens (including phenoxy) is 2. The minimum atomic E-state index is -0.254. The van der Waals surface area contributed by atoms with Gasteiger partial charge in [0.2, 0.25) is 0 Å². The van der Waals surface area contributed by atoms with Crippen LogP contribution in [-0.4, -0.2) is 25.8 Å². The molecule has 0 amide bonds. The zero-order valence-corrected chi connectivity index (χ0v) is 6.72. The van der Waals surface area contributed by atoms with E-state index in [0.29, 0.717) is 6.61 Å². The lowest BCUT2D eigenvalue weighted by Gasteiger charge is -2.11. The summed E-state index contributed by atoms with van der Waals surface area (Å²) in [5, 5.41) is 0. The number of hydrogen-bond acceptors (Lipinski definition) is 3. The summed E-state index contributed by atoms with van der Waals surface area (Å²) in [5.41, 5.74) is 0. The molecule has 60 valence electrons. The highest BCUT2D eigenvalue weighted by molar-refractivity contribution is 5.65.